The fraction of sp³-hybridized carbons (Fsp3) is 0.692. The third-order valence-electron chi connectivity index (χ3n) is 4.28. The van der Waals surface area contributed by atoms with Crippen molar-refractivity contribution in [3.63, 3.8) is 0 Å². The van der Waals surface area contributed by atoms with Crippen molar-refractivity contribution in [2.24, 2.45) is 5.92 Å². The number of aliphatic carboxylic acids is 1. The Morgan fingerprint density at radius 3 is 3.00 bits per heavy atom. The van der Waals surface area contributed by atoms with E-state index in [0.29, 0.717) is 32.5 Å². The number of carbonyl (C=O) groups excluding carboxylic acids is 1. The molecule has 8 heteroatoms. The summed E-state index contributed by atoms with van der Waals surface area (Å²) in [7, 11) is 0. The van der Waals surface area contributed by atoms with E-state index in [2.05, 4.69) is 15.5 Å². The standard InChI is InChI=1S/C13H19N5O3/c19-12(20)9-2-1-3-10(6-9)15-13(21)17-4-5-18-8-14-16-11(18)7-17/h8-10H,1-7H2,(H,15,21)(H,19,20). The number of carbonyl (C=O) groups is 2. The fourth-order valence-electron chi connectivity index (χ4n) is 3.05. The molecule has 8 nitrogen and oxygen atoms in total. The summed E-state index contributed by atoms with van der Waals surface area (Å²) in [6.45, 7) is 1.75. The molecule has 114 valence electrons. The number of carboxylic acid groups (broad SMARTS) is 1. The molecule has 1 aliphatic heterocycles. The maximum Gasteiger partial charge on any atom is 0.318 e. The molecule has 2 unspecified atom stereocenters. The van der Waals surface area contributed by atoms with Crippen molar-refractivity contribution in [1.29, 1.82) is 0 Å². The van der Waals surface area contributed by atoms with Gasteiger partial charge >= 0.3 is 12.0 Å². The highest BCUT2D eigenvalue weighted by atomic mass is 16.4. The molecular weight excluding hydrogens is 274 g/mol. The van der Waals surface area contributed by atoms with Gasteiger partial charge in [0, 0.05) is 19.1 Å². The minimum Gasteiger partial charge on any atom is -0.481 e. The minimum absolute atomic E-state index is 0.0489. The van der Waals surface area contributed by atoms with Crippen LogP contribution in [-0.2, 0) is 17.9 Å². The summed E-state index contributed by atoms with van der Waals surface area (Å²) in [5.74, 6) is -0.322. The zero-order valence-corrected chi connectivity index (χ0v) is 11.7. The van der Waals surface area contributed by atoms with Crippen LogP contribution in [0.3, 0.4) is 0 Å². The summed E-state index contributed by atoms with van der Waals surface area (Å²) in [4.78, 5) is 25.0. The maximum absolute atomic E-state index is 12.3. The predicted octanol–water partition coefficient (Wildman–Crippen LogP) is 0.447. The molecule has 1 aromatic rings. The Morgan fingerprint density at radius 1 is 1.33 bits per heavy atom. The van der Waals surface area contributed by atoms with Gasteiger partial charge in [0.15, 0.2) is 5.82 Å². The molecule has 2 amide bonds. The molecule has 21 heavy (non-hydrogen) atoms. The van der Waals surface area contributed by atoms with Crippen molar-refractivity contribution >= 4 is 12.0 Å². The first kappa shape index (κ1) is 13.8. The lowest BCUT2D eigenvalue weighted by Gasteiger charge is -2.32. The van der Waals surface area contributed by atoms with Gasteiger partial charge in [-0.15, -0.1) is 10.2 Å². The molecule has 0 bridgehead atoms. The van der Waals surface area contributed by atoms with Gasteiger partial charge in [-0.25, -0.2) is 4.79 Å². The second-order valence-electron chi connectivity index (χ2n) is 5.71. The Morgan fingerprint density at radius 2 is 2.19 bits per heavy atom. The van der Waals surface area contributed by atoms with Crippen LogP contribution in [0.15, 0.2) is 6.33 Å². The zero-order valence-electron chi connectivity index (χ0n) is 11.7. The quantitative estimate of drug-likeness (QED) is 0.824. The number of fused-ring (bicyclic) bond motifs is 1. The van der Waals surface area contributed by atoms with E-state index in [1.807, 2.05) is 4.57 Å². The number of urea groups is 1. The zero-order chi connectivity index (χ0) is 14.8. The van der Waals surface area contributed by atoms with Crippen LogP contribution in [0.25, 0.3) is 0 Å². The molecule has 0 spiro atoms. The molecule has 1 aliphatic carbocycles. The van der Waals surface area contributed by atoms with Crippen molar-refractivity contribution < 1.29 is 14.7 Å². The highest BCUT2D eigenvalue weighted by Crippen LogP contribution is 2.24. The van der Waals surface area contributed by atoms with E-state index < -0.39 is 5.97 Å². The molecule has 0 saturated heterocycles. The molecular formula is C13H19N5O3. The van der Waals surface area contributed by atoms with Gasteiger partial charge in [0.25, 0.3) is 0 Å². The van der Waals surface area contributed by atoms with Crippen LogP contribution < -0.4 is 5.32 Å². The molecule has 2 atom stereocenters. The number of nitrogens with zero attached hydrogens (tertiary/aromatic N) is 4. The van der Waals surface area contributed by atoms with Crippen LogP contribution in [0.4, 0.5) is 4.79 Å². The van der Waals surface area contributed by atoms with Crippen molar-refractivity contribution in [2.45, 2.75) is 44.8 Å². The fourth-order valence-corrected chi connectivity index (χ4v) is 3.05. The predicted molar refractivity (Wildman–Crippen MR) is 72.3 cm³/mol. The third-order valence-corrected chi connectivity index (χ3v) is 4.28. The molecule has 0 radical (unpaired) electrons. The number of amides is 2. The molecule has 1 saturated carbocycles. The summed E-state index contributed by atoms with van der Waals surface area (Å²) < 4.78 is 1.94. The summed E-state index contributed by atoms with van der Waals surface area (Å²) in [6.07, 6.45) is 4.58. The lowest BCUT2D eigenvalue weighted by Crippen LogP contribution is -2.49. The smallest absolute Gasteiger partial charge is 0.318 e. The molecule has 0 aromatic carbocycles. The van der Waals surface area contributed by atoms with Gasteiger partial charge in [-0.3, -0.25) is 4.79 Å². The second-order valence-corrected chi connectivity index (χ2v) is 5.71. The van der Waals surface area contributed by atoms with E-state index in [4.69, 9.17) is 5.11 Å². The van der Waals surface area contributed by atoms with Gasteiger partial charge < -0.3 is 19.9 Å². The van der Waals surface area contributed by atoms with Crippen molar-refractivity contribution in [1.82, 2.24) is 25.0 Å². The van der Waals surface area contributed by atoms with Crippen molar-refractivity contribution in [2.75, 3.05) is 6.54 Å². The number of hydrogen-bond acceptors (Lipinski definition) is 4. The van der Waals surface area contributed by atoms with Gasteiger partial charge in [0.2, 0.25) is 0 Å². The monoisotopic (exact) mass is 293 g/mol. The number of carboxylic acids is 1. The Kier molecular flexibility index (Phi) is 3.76. The lowest BCUT2D eigenvalue weighted by molar-refractivity contribution is -0.143. The number of nitrogens with one attached hydrogen (secondary N) is 1. The number of hydrogen-bond donors (Lipinski definition) is 2. The van der Waals surface area contributed by atoms with Crippen molar-refractivity contribution in [3.8, 4) is 0 Å². The maximum atomic E-state index is 12.3. The van der Waals surface area contributed by atoms with Gasteiger partial charge in [-0.05, 0) is 19.3 Å². The molecule has 2 aliphatic rings. The van der Waals surface area contributed by atoms with Gasteiger partial charge in [0.1, 0.15) is 6.33 Å². The van der Waals surface area contributed by atoms with E-state index in [1.165, 1.54) is 0 Å². The highest BCUT2D eigenvalue weighted by Gasteiger charge is 2.29. The van der Waals surface area contributed by atoms with Crippen LogP contribution >= 0.6 is 0 Å². The van der Waals surface area contributed by atoms with E-state index in [0.717, 1.165) is 18.7 Å². The Bertz CT molecular complexity index is 544. The largest absolute Gasteiger partial charge is 0.481 e. The third kappa shape index (κ3) is 2.98. The van der Waals surface area contributed by atoms with E-state index in [9.17, 15) is 9.59 Å². The van der Waals surface area contributed by atoms with E-state index >= 15 is 0 Å². The number of aromatic nitrogens is 3. The topological polar surface area (TPSA) is 100 Å². The van der Waals surface area contributed by atoms with Crippen LogP contribution in [0.1, 0.15) is 31.5 Å². The second kappa shape index (κ2) is 5.71. The van der Waals surface area contributed by atoms with E-state index in [-0.39, 0.29) is 18.0 Å². The molecule has 1 fully saturated rings. The lowest BCUT2D eigenvalue weighted by atomic mass is 9.86. The van der Waals surface area contributed by atoms with E-state index in [1.54, 1.807) is 11.2 Å². The summed E-state index contributed by atoms with van der Waals surface area (Å²) >= 11 is 0. The highest BCUT2D eigenvalue weighted by molar-refractivity contribution is 5.75. The first-order chi connectivity index (χ1) is 10.1. The molecule has 3 rings (SSSR count). The average molecular weight is 293 g/mol. The Hall–Kier alpha value is -2.12. The normalized spacial score (nSPS) is 25.2. The molecule has 2 N–H and O–H groups in total. The van der Waals surface area contributed by atoms with Crippen LogP contribution in [0, 0.1) is 5.92 Å². The van der Waals surface area contributed by atoms with Crippen LogP contribution in [0.2, 0.25) is 0 Å². The van der Waals surface area contributed by atoms with Gasteiger partial charge in [-0.1, -0.05) is 6.42 Å². The molecule has 1 aromatic heterocycles. The van der Waals surface area contributed by atoms with Gasteiger partial charge in [-0.2, -0.15) is 0 Å². The first-order valence-electron chi connectivity index (χ1n) is 7.28. The Labute approximate surface area is 122 Å². The Balaban J connectivity index is 1.56. The summed E-state index contributed by atoms with van der Waals surface area (Å²) in [5.41, 5.74) is 0. The molecule has 2 heterocycles. The number of rotatable bonds is 2. The first-order valence-corrected chi connectivity index (χ1v) is 7.28. The van der Waals surface area contributed by atoms with Crippen LogP contribution in [0.5, 0.6) is 0 Å². The van der Waals surface area contributed by atoms with Gasteiger partial charge in [0.05, 0.1) is 12.5 Å². The average Bonchev–Trinajstić information content (AvgIpc) is 2.94. The van der Waals surface area contributed by atoms with Crippen LogP contribution in [-0.4, -0.2) is 49.4 Å². The van der Waals surface area contributed by atoms with Crippen molar-refractivity contribution in [3.05, 3.63) is 12.2 Å². The SMILES string of the molecule is O=C(O)C1CCCC(NC(=O)N2CCn3cnnc3C2)C1. The summed E-state index contributed by atoms with van der Waals surface area (Å²) in [6, 6.07) is -0.188. The minimum atomic E-state index is -0.764. The summed E-state index contributed by atoms with van der Waals surface area (Å²) in [5, 5.41) is 19.9.